The molecular formula is C24H25N3O2S. The molecule has 1 unspecified atom stereocenters. The zero-order valence-corrected chi connectivity index (χ0v) is 17.7. The summed E-state index contributed by atoms with van der Waals surface area (Å²) in [4.78, 5) is 23.4. The Hall–Kier alpha value is -2.80. The van der Waals surface area contributed by atoms with Gasteiger partial charge in [-0.3, -0.25) is 9.69 Å². The van der Waals surface area contributed by atoms with Crippen molar-refractivity contribution in [1.29, 1.82) is 0 Å². The van der Waals surface area contributed by atoms with Crippen LogP contribution in [0, 0.1) is 0 Å². The molecule has 2 heterocycles. The van der Waals surface area contributed by atoms with Crippen molar-refractivity contribution in [1.82, 2.24) is 14.9 Å². The summed E-state index contributed by atoms with van der Waals surface area (Å²) in [6, 6.07) is 19.6. The van der Waals surface area contributed by atoms with Gasteiger partial charge in [-0.25, -0.2) is 4.98 Å². The highest BCUT2D eigenvalue weighted by Crippen LogP contribution is 2.30. The van der Waals surface area contributed by atoms with E-state index in [1.807, 2.05) is 66.0 Å². The molecule has 2 N–H and O–H groups in total. The van der Waals surface area contributed by atoms with Crippen LogP contribution >= 0.6 is 11.3 Å². The Labute approximate surface area is 179 Å². The Bertz CT molecular complexity index is 1160. The standard InChI is InChI=1S/C24H25N3O2S/c1-2-13-27(14-20(28)18-11-7-4-8-12-18)15-21-25-23(29)22-19(16-30-24(22)26-21)17-9-5-3-6-10-17/h3-12,16,20,28H,2,13-15H2,1H3,(H,25,26,29). The molecule has 5 nitrogen and oxygen atoms in total. The number of rotatable bonds is 8. The van der Waals surface area contributed by atoms with E-state index in [0.717, 1.165) is 34.5 Å². The number of hydrogen-bond acceptors (Lipinski definition) is 5. The molecule has 4 rings (SSSR count). The average molecular weight is 420 g/mol. The molecule has 0 bridgehead atoms. The van der Waals surface area contributed by atoms with E-state index in [2.05, 4.69) is 16.8 Å². The van der Waals surface area contributed by atoms with E-state index in [0.29, 0.717) is 24.3 Å². The third-order valence-electron chi connectivity index (χ3n) is 5.11. The number of benzene rings is 2. The minimum atomic E-state index is -0.584. The van der Waals surface area contributed by atoms with E-state index in [4.69, 9.17) is 4.98 Å². The Morgan fingerprint density at radius 2 is 1.80 bits per heavy atom. The highest BCUT2D eigenvalue weighted by Gasteiger charge is 2.17. The van der Waals surface area contributed by atoms with Gasteiger partial charge in [-0.15, -0.1) is 11.3 Å². The van der Waals surface area contributed by atoms with E-state index in [9.17, 15) is 9.90 Å². The lowest BCUT2D eigenvalue weighted by molar-refractivity contribution is 0.107. The van der Waals surface area contributed by atoms with Crippen molar-refractivity contribution in [3.05, 3.63) is 87.8 Å². The topological polar surface area (TPSA) is 69.2 Å². The summed E-state index contributed by atoms with van der Waals surface area (Å²) in [5.74, 6) is 0.627. The van der Waals surface area contributed by atoms with Gasteiger partial charge in [-0.05, 0) is 24.1 Å². The van der Waals surface area contributed by atoms with Crippen LogP contribution in [0.15, 0.2) is 70.8 Å². The summed E-state index contributed by atoms with van der Waals surface area (Å²) < 4.78 is 0. The number of nitrogens with zero attached hydrogens (tertiary/aromatic N) is 2. The smallest absolute Gasteiger partial charge is 0.260 e. The number of H-pyrrole nitrogens is 1. The van der Waals surface area contributed by atoms with Crippen molar-refractivity contribution in [2.45, 2.75) is 26.0 Å². The number of aromatic amines is 1. The molecule has 30 heavy (non-hydrogen) atoms. The summed E-state index contributed by atoms with van der Waals surface area (Å²) >= 11 is 1.49. The second-order valence-corrected chi connectivity index (χ2v) is 8.23. The van der Waals surface area contributed by atoms with Crippen molar-refractivity contribution in [2.24, 2.45) is 0 Å². The summed E-state index contributed by atoms with van der Waals surface area (Å²) in [5.41, 5.74) is 2.71. The van der Waals surface area contributed by atoms with Crippen LogP contribution in [0.5, 0.6) is 0 Å². The molecule has 0 saturated heterocycles. The van der Waals surface area contributed by atoms with Crippen molar-refractivity contribution >= 4 is 21.6 Å². The van der Waals surface area contributed by atoms with Crippen LogP contribution in [0.4, 0.5) is 0 Å². The summed E-state index contributed by atoms with van der Waals surface area (Å²) in [7, 11) is 0. The Morgan fingerprint density at radius 1 is 1.10 bits per heavy atom. The van der Waals surface area contributed by atoms with Gasteiger partial charge in [-0.1, -0.05) is 67.6 Å². The van der Waals surface area contributed by atoms with Gasteiger partial charge < -0.3 is 10.1 Å². The normalized spacial score (nSPS) is 12.5. The van der Waals surface area contributed by atoms with Gasteiger partial charge in [-0.2, -0.15) is 0 Å². The van der Waals surface area contributed by atoms with Crippen LogP contribution in [-0.2, 0) is 6.54 Å². The van der Waals surface area contributed by atoms with Crippen molar-refractivity contribution in [3.63, 3.8) is 0 Å². The molecule has 0 aliphatic rings. The zero-order chi connectivity index (χ0) is 20.9. The molecule has 0 fully saturated rings. The highest BCUT2D eigenvalue weighted by atomic mass is 32.1. The second-order valence-electron chi connectivity index (χ2n) is 7.37. The maximum absolute atomic E-state index is 12.9. The van der Waals surface area contributed by atoms with E-state index in [1.54, 1.807) is 0 Å². The van der Waals surface area contributed by atoms with Gasteiger partial charge in [0.15, 0.2) is 0 Å². The van der Waals surface area contributed by atoms with Crippen LogP contribution < -0.4 is 5.56 Å². The van der Waals surface area contributed by atoms with Gasteiger partial charge >= 0.3 is 0 Å². The molecule has 1 atom stereocenters. The predicted molar refractivity (Wildman–Crippen MR) is 123 cm³/mol. The number of fused-ring (bicyclic) bond motifs is 1. The minimum absolute atomic E-state index is 0.116. The first-order chi connectivity index (χ1) is 14.7. The molecule has 0 aliphatic heterocycles. The number of thiophene rings is 1. The molecule has 6 heteroatoms. The van der Waals surface area contributed by atoms with Crippen LogP contribution in [0.25, 0.3) is 21.3 Å². The molecule has 0 spiro atoms. The third-order valence-corrected chi connectivity index (χ3v) is 5.98. The number of hydrogen-bond donors (Lipinski definition) is 2. The molecule has 0 aliphatic carbocycles. The Morgan fingerprint density at radius 3 is 2.50 bits per heavy atom. The highest BCUT2D eigenvalue weighted by molar-refractivity contribution is 7.17. The molecule has 0 saturated carbocycles. The van der Waals surface area contributed by atoms with Crippen LogP contribution in [0.1, 0.15) is 30.8 Å². The molecule has 0 amide bonds. The second kappa shape index (κ2) is 9.34. The quantitative estimate of drug-likeness (QED) is 0.438. The molecule has 2 aromatic carbocycles. The fraction of sp³-hybridized carbons (Fsp3) is 0.250. The number of aliphatic hydroxyl groups is 1. The van der Waals surface area contributed by atoms with Gasteiger partial charge in [0, 0.05) is 17.5 Å². The van der Waals surface area contributed by atoms with Crippen LogP contribution in [-0.4, -0.2) is 33.1 Å². The van der Waals surface area contributed by atoms with E-state index >= 15 is 0 Å². The van der Waals surface area contributed by atoms with Gasteiger partial charge in [0.05, 0.1) is 18.0 Å². The SMILES string of the molecule is CCCN(Cc1nc2scc(-c3ccccc3)c2c(=O)[nH]1)CC(O)c1ccccc1. The Kier molecular flexibility index (Phi) is 6.38. The van der Waals surface area contributed by atoms with E-state index in [1.165, 1.54) is 11.3 Å². The molecule has 0 radical (unpaired) electrons. The van der Waals surface area contributed by atoms with Crippen molar-refractivity contribution in [3.8, 4) is 11.1 Å². The summed E-state index contributed by atoms with van der Waals surface area (Å²) in [5, 5.41) is 13.3. The maximum atomic E-state index is 12.9. The molecule has 154 valence electrons. The lowest BCUT2D eigenvalue weighted by Gasteiger charge is -2.24. The largest absolute Gasteiger partial charge is 0.387 e. The van der Waals surface area contributed by atoms with E-state index < -0.39 is 6.10 Å². The minimum Gasteiger partial charge on any atom is -0.387 e. The third kappa shape index (κ3) is 4.51. The predicted octanol–water partition coefficient (Wildman–Crippen LogP) is 4.60. The van der Waals surface area contributed by atoms with Crippen LogP contribution in [0.3, 0.4) is 0 Å². The monoisotopic (exact) mass is 419 g/mol. The van der Waals surface area contributed by atoms with Crippen molar-refractivity contribution < 1.29 is 5.11 Å². The average Bonchev–Trinajstić information content (AvgIpc) is 3.20. The first-order valence-corrected chi connectivity index (χ1v) is 11.0. The first kappa shape index (κ1) is 20.5. The number of aromatic nitrogens is 2. The molecular weight excluding hydrogens is 394 g/mol. The maximum Gasteiger partial charge on any atom is 0.260 e. The zero-order valence-electron chi connectivity index (χ0n) is 16.9. The fourth-order valence-electron chi connectivity index (χ4n) is 3.69. The van der Waals surface area contributed by atoms with E-state index in [-0.39, 0.29) is 5.56 Å². The number of nitrogens with one attached hydrogen (secondary N) is 1. The lowest BCUT2D eigenvalue weighted by Crippen LogP contribution is -2.30. The fourth-order valence-corrected chi connectivity index (χ4v) is 4.65. The van der Waals surface area contributed by atoms with Crippen LogP contribution in [0.2, 0.25) is 0 Å². The lowest BCUT2D eigenvalue weighted by atomic mass is 10.1. The first-order valence-electron chi connectivity index (χ1n) is 10.2. The van der Waals surface area contributed by atoms with Gasteiger partial charge in [0.2, 0.25) is 0 Å². The summed E-state index contributed by atoms with van der Waals surface area (Å²) in [6.07, 6.45) is 0.366. The summed E-state index contributed by atoms with van der Waals surface area (Å²) in [6.45, 7) is 3.89. The molecule has 2 aromatic heterocycles. The number of aliphatic hydroxyl groups excluding tert-OH is 1. The van der Waals surface area contributed by atoms with Gasteiger partial charge in [0.25, 0.3) is 5.56 Å². The Balaban J connectivity index is 1.58. The van der Waals surface area contributed by atoms with Gasteiger partial charge in [0.1, 0.15) is 10.7 Å². The van der Waals surface area contributed by atoms with Crippen molar-refractivity contribution in [2.75, 3.05) is 13.1 Å². The molecule has 4 aromatic rings.